The van der Waals surface area contributed by atoms with Gasteiger partial charge in [0.25, 0.3) is 0 Å². The molecule has 0 amide bonds. The van der Waals surface area contributed by atoms with E-state index in [2.05, 4.69) is 4.98 Å². The summed E-state index contributed by atoms with van der Waals surface area (Å²) in [4.78, 5) is 3.97. The highest BCUT2D eigenvalue weighted by Gasteiger charge is 1.97. The van der Waals surface area contributed by atoms with Crippen molar-refractivity contribution >= 4 is 11.6 Å². The zero-order valence-corrected chi connectivity index (χ0v) is 7.30. The second-order valence-electron chi connectivity index (χ2n) is 2.48. The number of rotatable bonds is 2. The molecule has 3 heteroatoms. The molecule has 2 nitrogen and oxygen atoms in total. The van der Waals surface area contributed by atoms with Gasteiger partial charge in [-0.05, 0) is 19.9 Å². The minimum Gasteiger partial charge on any atom is -0.475 e. The average molecular weight is 172 g/mol. The van der Waals surface area contributed by atoms with Gasteiger partial charge in [-0.1, -0.05) is 11.6 Å². The van der Waals surface area contributed by atoms with Crippen molar-refractivity contribution in [3.8, 4) is 5.88 Å². The Morgan fingerprint density at radius 3 is 2.82 bits per heavy atom. The summed E-state index contributed by atoms with van der Waals surface area (Å²) >= 11 is 5.71. The van der Waals surface area contributed by atoms with Crippen LogP contribution in [0, 0.1) is 0 Å². The third kappa shape index (κ3) is 2.76. The standard InChI is InChI=1S/C8H10ClNO/c1-6(2)11-8-5-7(9)3-4-10-8/h3-6H,1-2H3. The molecule has 0 fully saturated rings. The Kier molecular flexibility index (Phi) is 2.71. The first-order valence-corrected chi connectivity index (χ1v) is 3.84. The summed E-state index contributed by atoms with van der Waals surface area (Å²) in [6.45, 7) is 3.89. The lowest BCUT2D eigenvalue weighted by atomic mass is 10.4. The van der Waals surface area contributed by atoms with Crippen molar-refractivity contribution in [1.29, 1.82) is 0 Å². The third-order valence-electron chi connectivity index (χ3n) is 1.05. The van der Waals surface area contributed by atoms with Crippen molar-refractivity contribution in [1.82, 2.24) is 4.98 Å². The Bertz CT molecular complexity index is 237. The van der Waals surface area contributed by atoms with Gasteiger partial charge in [0.1, 0.15) is 0 Å². The summed E-state index contributed by atoms with van der Waals surface area (Å²) in [7, 11) is 0. The molecule has 0 saturated carbocycles. The molecule has 0 bridgehead atoms. The first-order chi connectivity index (χ1) is 5.18. The lowest BCUT2D eigenvalue weighted by Crippen LogP contribution is -2.06. The van der Waals surface area contributed by atoms with Gasteiger partial charge < -0.3 is 4.74 Å². The zero-order chi connectivity index (χ0) is 8.27. The van der Waals surface area contributed by atoms with Gasteiger partial charge in [0.15, 0.2) is 0 Å². The number of pyridine rings is 1. The Labute approximate surface area is 71.2 Å². The van der Waals surface area contributed by atoms with Gasteiger partial charge in [-0.25, -0.2) is 4.98 Å². The maximum atomic E-state index is 5.71. The van der Waals surface area contributed by atoms with Gasteiger partial charge >= 0.3 is 0 Å². The number of aromatic nitrogens is 1. The quantitative estimate of drug-likeness (QED) is 0.682. The highest BCUT2D eigenvalue weighted by Crippen LogP contribution is 2.14. The number of halogens is 1. The van der Waals surface area contributed by atoms with Crippen LogP contribution in [0.3, 0.4) is 0 Å². The summed E-state index contributed by atoms with van der Waals surface area (Å²) in [5, 5.41) is 0.649. The van der Waals surface area contributed by atoms with Gasteiger partial charge in [-0.15, -0.1) is 0 Å². The lowest BCUT2D eigenvalue weighted by Gasteiger charge is -2.07. The van der Waals surface area contributed by atoms with Gasteiger partial charge in [-0.2, -0.15) is 0 Å². The van der Waals surface area contributed by atoms with Crippen LogP contribution in [0.2, 0.25) is 5.02 Å². The molecular weight excluding hydrogens is 162 g/mol. The molecule has 0 aliphatic carbocycles. The van der Waals surface area contributed by atoms with Crippen LogP contribution >= 0.6 is 11.6 Å². The fourth-order valence-electron chi connectivity index (χ4n) is 0.691. The summed E-state index contributed by atoms with van der Waals surface area (Å²) < 4.78 is 5.30. The van der Waals surface area contributed by atoms with E-state index in [9.17, 15) is 0 Å². The summed E-state index contributed by atoms with van der Waals surface area (Å²) in [5.41, 5.74) is 0. The van der Waals surface area contributed by atoms with Crippen LogP contribution in [0.4, 0.5) is 0 Å². The second-order valence-corrected chi connectivity index (χ2v) is 2.92. The molecule has 0 saturated heterocycles. The van der Waals surface area contributed by atoms with Crippen LogP contribution in [0.1, 0.15) is 13.8 Å². The molecule has 0 aliphatic heterocycles. The highest BCUT2D eigenvalue weighted by molar-refractivity contribution is 6.30. The average Bonchev–Trinajstić information content (AvgIpc) is 1.85. The Morgan fingerprint density at radius 2 is 2.27 bits per heavy atom. The maximum Gasteiger partial charge on any atom is 0.214 e. The molecule has 1 aromatic heterocycles. The molecule has 0 aromatic carbocycles. The van der Waals surface area contributed by atoms with Gasteiger partial charge in [0.2, 0.25) is 5.88 Å². The van der Waals surface area contributed by atoms with Crippen molar-refractivity contribution < 1.29 is 4.74 Å². The Balaban J connectivity index is 2.71. The first-order valence-electron chi connectivity index (χ1n) is 3.46. The molecule has 0 radical (unpaired) electrons. The van der Waals surface area contributed by atoms with Gasteiger partial charge in [0.05, 0.1) is 6.10 Å². The molecule has 0 aliphatic rings. The Hall–Kier alpha value is -0.760. The minimum absolute atomic E-state index is 0.140. The van der Waals surface area contributed by atoms with Crippen LogP contribution in [-0.4, -0.2) is 11.1 Å². The predicted molar refractivity (Wildman–Crippen MR) is 45.0 cm³/mol. The van der Waals surface area contributed by atoms with E-state index in [-0.39, 0.29) is 6.10 Å². The topological polar surface area (TPSA) is 22.1 Å². The maximum absolute atomic E-state index is 5.71. The van der Waals surface area contributed by atoms with Crippen LogP contribution in [0.15, 0.2) is 18.3 Å². The molecule has 0 atom stereocenters. The predicted octanol–water partition coefficient (Wildman–Crippen LogP) is 2.52. The lowest BCUT2D eigenvalue weighted by molar-refractivity contribution is 0.232. The molecule has 60 valence electrons. The van der Waals surface area contributed by atoms with Crippen molar-refractivity contribution in [3.63, 3.8) is 0 Å². The first kappa shape index (κ1) is 8.34. The molecule has 0 N–H and O–H groups in total. The van der Waals surface area contributed by atoms with Gasteiger partial charge in [-0.3, -0.25) is 0 Å². The van der Waals surface area contributed by atoms with Crippen molar-refractivity contribution in [2.75, 3.05) is 0 Å². The summed E-state index contributed by atoms with van der Waals surface area (Å²) in [5.74, 6) is 0.576. The number of hydrogen-bond acceptors (Lipinski definition) is 2. The highest BCUT2D eigenvalue weighted by atomic mass is 35.5. The van der Waals surface area contributed by atoms with Crippen LogP contribution in [0.25, 0.3) is 0 Å². The third-order valence-corrected chi connectivity index (χ3v) is 1.29. The smallest absolute Gasteiger partial charge is 0.214 e. The van der Waals surface area contributed by atoms with E-state index in [0.717, 1.165) is 0 Å². The summed E-state index contributed by atoms with van der Waals surface area (Å²) in [6.07, 6.45) is 1.76. The van der Waals surface area contributed by atoms with E-state index >= 15 is 0 Å². The van der Waals surface area contributed by atoms with Crippen LogP contribution in [-0.2, 0) is 0 Å². The van der Waals surface area contributed by atoms with E-state index in [1.54, 1.807) is 18.3 Å². The van der Waals surface area contributed by atoms with Crippen molar-refractivity contribution in [2.24, 2.45) is 0 Å². The zero-order valence-electron chi connectivity index (χ0n) is 6.54. The monoisotopic (exact) mass is 171 g/mol. The molecule has 11 heavy (non-hydrogen) atoms. The number of hydrogen-bond donors (Lipinski definition) is 0. The molecule has 0 unspecified atom stereocenters. The van der Waals surface area contributed by atoms with E-state index in [0.29, 0.717) is 10.9 Å². The van der Waals surface area contributed by atoms with Crippen molar-refractivity contribution in [3.05, 3.63) is 23.4 Å². The summed E-state index contributed by atoms with van der Waals surface area (Å²) in [6, 6.07) is 3.41. The van der Waals surface area contributed by atoms with Crippen LogP contribution in [0.5, 0.6) is 5.88 Å². The number of nitrogens with zero attached hydrogens (tertiary/aromatic N) is 1. The minimum atomic E-state index is 0.140. The molecule has 0 spiro atoms. The molecular formula is C8H10ClNO. The van der Waals surface area contributed by atoms with E-state index in [1.165, 1.54) is 0 Å². The van der Waals surface area contributed by atoms with E-state index in [4.69, 9.17) is 16.3 Å². The van der Waals surface area contributed by atoms with E-state index < -0.39 is 0 Å². The molecule has 1 aromatic rings. The van der Waals surface area contributed by atoms with Crippen molar-refractivity contribution in [2.45, 2.75) is 20.0 Å². The van der Waals surface area contributed by atoms with E-state index in [1.807, 2.05) is 13.8 Å². The number of ether oxygens (including phenoxy) is 1. The fraction of sp³-hybridized carbons (Fsp3) is 0.375. The van der Waals surface area contributed by atoms with Gasteiger partial charge in [0, 0.05) is 17.3 Å². The SMILES string of the molecule is CC(C)Oc1cc(Cl)ccn1. The largest absolute Gasteiger partial charge is 0.475 e. The molecule has 1 rings (SSSR count). The normalized spacial score (nSPS) is 10.2. The van der Waals surface area contributed by atoms with Crippen LogP contribution < -0.4 is 4.74 Å². The fourth-order valence-corrected chi connectivity index (χ4v) is 0.841. The second kappa shape index (κ2) is 3.58. The Morgan fingerprint density at radius 1 is 1.55 bits per heavy atom. The molecule has 1 heterocycles.